The van der Waals surface area contributed by atoms with Gasteiger partial charge in [-0.3, -0.25) is 18.8 Å². The van der Waals surface area contributed by atoms with E-state index in [1.807, 2.05) is 47.2 Å². The van der Waals surface area contributed by atoms with Gasteiger partial charge in [-0.25, -0.2) is 0 Å². The van der Waals surface area contributed by atoms with Gasteiger partial charge in [-0.05, 0) is 84.7 Å². The molecule has 2 aromatic heterocycles. The van der Waals surface area contributed by atoms with Crippen molar-refractivity contribution in [2.75, 3.05) is 45.2 Å². The molecule has 2 amide bonds. The molecule has 0 saturated carbocycles. The fourth-order valence-corrected chi connectivity index (χ4v) is 6.66. The number of aryl methyl sites for hydroxylation is 1. The van der Waals surface area contributed by atoms with E-state index >= 15 is 0 Å². The van der Waals surface area contributed by atoms with Crippen LogP contribution in [0.2, 0.25) is 0 Å². The number of aromatic nitrogens is 3. The summed E-state index contributed by atoms with van der Waals surface area (Å²) >= 11 is 1.71. The second-order valence-corrected chi connectivity index (χ2v) is 12.5. The summed E-state index contributed by atoms with van der Waals surface area (Å²) in [5, 5.41) is 18.0. The largest absolute Gasteiger partial charge is 0.493 e. The molecule has 3 N–H and O–H groups in total. The minimum Gasteiger partial charge on any atom is -0.493 e. The van der Waals surface area contributed by atoms with Crippen LogP contribution in [-0.4, -0.2) is 66.3 Å². The third-order valence-electron chi connectivity index (χ3n) is 8.41. The minimum atomic E-state index is -0.398. The van der Waals surface area contributed by atoms with Gasteiger partial charge in [0, 0.05) is 31.6 Å². The standard InChI is InChI=1S/C35H42N6O6S/c1-21(42)37-25-13-11-22-19-29(45-2)33(46-3)34(47-4)32(22)23-12-14-26(28(43)20-24(23)25)36-16-8-10-31(44)38-27(15-18-48-5)35-40-39-30-9-6-7-17-41(30)35/h6-7,9,12,14,17,19-20,25,27H,8,10-11,13,15-16,18H2,1-5H3,(H,36,43)(H,37,42)(H,38,44)/t25-,27+/m0/s1. The number of hydrogen-bond donors (Lipinski definition) is 3. The van der Waals surface area contributed by atoms with Gasteiger partial charge in [-0.2, -0.15) is 11.8 Å². The van der Waals surface area contributed by atoms with Crippen molar-refractivity contribution in [2.24, 2.45) is 0 Å². The Labute approximate surface area is 284 Å². The lowest BCUT2D eigenvalue weighted by Crippen LogP contribution is -2.30. The molecule has 1 aliphatic carbocycles. The van der Waals surface area contributed by atoms with Crippen LogP contribution in [0.15, 0.2) is 53.5 Å². The molecule has 12 nitrogen and oxygen atoms in total. The second kappa shape index (κ2) is 15.9. The Hall–Kier alpha value is -4.78. The zero-order valence-electron chi connectivity index (χ0n) is 27.9. The molecule has 0 bridgehead atoms. The zero-order valence-corrected chi connectivity index (χ0v) is 28.7. The summed E-state index contributed by atoms with van der Waals surface area (Å²) in [7, 11) is 4.69. The third kappa shape index (κ3) is 7.51. The van der Waals surface area contributed by atoms with Gasteiger partial charge in [0.05, 0.1) is 39.1 Å². The zero-order chi connectivity index (χ0) is 34.2. The molecule has 1 aliphatic rings. The maximum Gasteiger partial charge on any atom is 0.220 e. The van der Waals surface area contributed by atoms with Gasteiger partial charge < -0.3 is 30.2 Å². The van der Waals surface area contributed by atoms with Crippen LogP contribution in [0.25, 0.3) is 16.8 Å². The van der Waals surface area contributed by atoms with Gasteiger partial charge in [0.1, 0.15) is 0 Å². The number of fused-ring (bicyclic) bond motifs is 4. The smallest absolute Gasteiger partial charge is 0.220 e. The van der Waals surface area contributed by atoms with Crippen LogP contribution in [0.4, 0.5) is 5.69 Å². The lowest BCUT2D eigenvalue weighted by molar-refractivity contribution is -0.122. The molecule has 0 aliphatic heterocycles. The van der Waals surface area contributed by atoms with E-state index in [2.05, 4.69) is 26.1 Å². The normalized spacial score (nSPS) is 14.2. The van der Waals surface area contributed by atoms with E-state index in [1.54, 1.807) is 45.2 Å². The fraction of sp³-hybridized carbons (Fsp3) is 0.400. The van der Waals surface area contributed by atoms with Crippen LogP contribution < -0.4 is 35.6 Å². The number of amides is 2. The van der Waals surface area contributed by atoms with Gasteiger partial charge in [-0.15, -0.1) is 10.2 Å². The average Bonchev–Trinajstić information content (AvgIpc) is 3.38. The number of nitrogens with one attached hydrogen (secondary N) is 3. The van der Waals surface area contributed by atoms with Crippen molar-refractivity contribution in [2.45, 2.75) is 51.1 Å². The number of hydrogen-bond acceptors (Lipinski definition) is 10. The van der Waals surface area contributed by atoms with Gasteiger partial charge in [0.2, 0.25) is 23.0 Å². The number of ether oxygens (including phenoxy) is 3. The van der Waals surface area contributed by atoms with Crippen LogP contribution in [0.1, 0.15) is 61.6 Å². The summed E-state index contributed by atoms with van der Waals surface area (Å²) < 4.78 is 19.0. The summed E-state index contributed by atoms with van der Waals surface area (Å²) in [6.45, 7) is 1.87. The summed E-state index contributed by atoms with van der Waals surface area (Å²) in [5.41, 5.74) is 4.06. The molecule has 4 aromatic rings. The predicted molar refractivity (Wildman–Crippen MR) is 187 cm³/mol. The first-order chi connectivity index (χ1) is 23.3. The summed E-state index contributed by atoms with van der Waals surface area (Å²) in [6, 6.07) is 12.1. The van der Waals surface area contributed by atoms with Crippen LogP contribution in [0, 0.1) is 0 Å². The molecule has 2 heterocycles. The first-order valence-electron chi connectivity index (χ1n) is 15.9. The highest BCUT2D eigenvalue weighted by atomic mass is 32.2. The van der Waals surface area contributed by atoms with E-state index < -0.39 is 6.04 Å². The Morgan fingerprint density at radius 2 is 1.88 bits per heavy atom. The molecule has 48 heavy (non-hydrogen) atoms. The summed E-state index contributed by atoms with van der Waals surface area (Å²) in [6.07, 6.45) is 6.60. The van der Waals surface area contributed by atoms with E-state index in [4.69, 9.17) is 14.2 Å². The number of methoxy groups -OCH3 is 3. The molecule has 0 unspecified atom stereocenters. The van der Waals surface area contributed by atoms with Crippen molar-refractivity contribution >= 4 is 34.9 Å². The van der Waals surface area contributed by atoms with E-state index in [9.17, 15) is 14.4 Å². The molecule has 2 atom stereocenters. The highest BCUT2D eigenvalue weighted by Gasteiger charge is 2.29. The molecule has 5 rings (SSSR count). The molecule has 0 radical (unpaired) electrons. The van der Waals surface area contributed by atoms with Crippen LogP contribution in [0.3, 0.4) is 0 Å². The second-order valence-electron chi connectivity index (χ2n) is 11.5. The van der Waals surface area contributed by atoms with Crippen molar-refractivity contribution in [1.29, 1.82) is 0 Å². The van der Waals surface area contributed by atoms with Crippen molar-refractivity contribution in [3.05, 3.63) is 75.8 Å². The van der Waals surface area contributed by atoms with Crippen molar-refractivity contribution < 1.29 is 23.8 Å². The van der Waals surface area contributed by atoms with Gasteiger partial charge in [0.25, 0.3) is 0 Å². The first-order valence-corrected chi connectivity index (χ1v) is 17.3. The molecule has 0 fully saturated rings. The number of rotatable bonds is 14. The maximum absolute atomic E-state index is 13.6. The van der Waals surface area contributed by atoms with Crippen molar-refractivity contribution in [3.8, 4) is 28.4 Å². The molecular weight excluding hydrogens is 632 g/mol. The Morgan fingerprint density at radius 3 is 2.60 bits per heavy atom. The monoisotopic (exact) mass is 674 g/mol. The fourth-order valence-electron chi connectivity index (χ4n) is 6.19. The first kappa shape index (κ1) is 34.6. The summed E-state index contributed by atoms with van der Waals surface area (Å²) in [4.78, 5) is 38.9. The number of anilines is 1. The lowest BCUT2D eigenvalue weighted by atomic mass is 9.95. The highest BCUT2D eigenvalue weighted by Crippen LogP contribution is 2.50. The Kier molecular flexibility index (Phi) is 11.4. The number of thioether (sulfide) groups is 1. The minimum absolute atomic E-state index is 0.102. The Morgan fingerprint density at radius 1 is 1.06 bits per heavy atom. The maximum atomic E-state index is 13.6. The number of benzene rings is 1. The summed E-state index contributed by atoms with van der Waals surface area (Å²) in [5.74, 6) is 2.73. The number of nitrogens with zero attached hydrogens (tertiary/aromatic N) is 3. The van der Waals surface area contributed by atoms with E-state index in [0.717, 1.165) is 34.5 Å². The van der Waals surface area contributed by atoms with E-state index in [0.29, 0.717) is 60.1 Å². The Bertz CT molecular complexity index is 1850. The molecule has 13 heteroatoms. The van der Waals surface area contributed by atoms with Crippen LogP contribution in [0.5, 0.6) is 17.2 Å². The molecule has 0 spiro atoms. The van der Waals surface area contributed by atoms with Crippen molar-refractivity contribution in [1.82, 2.24) is 25.2 Å². The number of pyridine rings is 1. The van der Waals surface area contributed by atoms with Crippen LogP contribution in [-0.2, 0) is 16.0 Å². The average molecular weight is 675 g/mol. The molecule has 254 valence electrons. The van der Waals surface area contributed by atoms with Gasteiger partial charge in [-0.1, -0.05) is 12.1 Å². The quantitative estimate of drug-likeness (QED) is 0.161. The highest BCUT2D eigenvalue weighted by molar-refractivity contribution is 7.98. The number of carbonyl (C=O) groups is 2. The Balaban J connectivity index is 1.35. The lowest BCUT2D eigenvalue weighted by Gasteiger charge is -2.19. The van der Waals surface area contributed by atoms with E-state index in [-0.39, 0.29) is 29.7 Å². The third-order valence-corrected chi connectivity index (χ3v) is 9.05. The number of carbonyl (C=O) groups excluding carboxylic acids is 2. The van der Waals surface area contributed by atoms with E-state index in [1.165, 1.54) is 6.92 Å². The van der Waals surface area contributed by atoms with Crippen LogP contribution >= 0.6 is 11.8 Å². The van der Waals surface area contributed by atoms with Crippen molar-refractivity contribution in [3.63, 3.8) is 0 Å². The predicted octanol–water partition coefficient (Wildman–Crippen LogP) is 4.71. The molecule has 0 saturated heterocycles. The molecule has 2 aromatic carbocycles. The van der Waals surface area contributed by atoms with Gasteiger partial charge >= 0.3 is 0 Å². The topological polar surface area (TPSA) is 145 Å². The SMILES string of the molecule is COc1cc2c(c(OC)c1OC)-c1ccc(NCCCC(=O)N[C@H](CCSC)c3nnc4ccccn34)c(=O)cc1[C@@H](NC(C)=O)CC2. The van der Waals surface area contributed by atoms with Gasteiger partial charge in [0.15, 0.2) is 23.0 Å². The molecular formula is C35H42N6O6S.